The standard InChI is InChI=1S/C25H29N3O3S/c1-19(2)16-28-23(15-26-25(28)32(30,31)18-20-9-5-3-6-10-20)17-27(22-13-14-22)24(29)21-11-7-4-8-12-21/h3-12,15,19,22H,13-14,16-18H2,1-2H3. The Hall–Kier alpha value is -2.93. The summed E-state index contributed by atoms with van der Waals surface area (Å²) in [6.45, 7) is 4.96. The predicted molar refractivity (Wildman–Crippen MR) is 124 cm³/mol. The molecule has 0 aliphatic heterocycles. The zero-order valence-corrected chi connectivity index (χ0v) is 19.3. The normalized spacial score (nSPS) is 14.0. The van der Waals surface area contributed by atoms with Crippen LogP contribution in [0.3, 0.4) is 0 Å². The molecule has 4 rings (SSSR count). The van der Waals surface area contributed by atoms with Crippen molar-refractivity contribution in [1.82, 2.24) is 14.5 Å². The highest BCUT2D eigenvalue weighted by Crippen LogP contribution is 2.30. The third kappa shape index (κ3) is 5.10. The van der Waals surface area contributed by atoms with Crippen LogP contribution in [-0.2, 0) is 28.7 Å². The maximum absolute atomic E-state index is 13.2. The Labute approximate surface area is 189 Å². The van der Waals surface area contributed by atoms with E-state index in [9.17, 15) is 13.2 Å². The Morgan fingerprint density at radius 1 is 1.06 bits per heavy atom. The lowest BCUT2D eigenvalue weighted by Gasteiger charge is -2.24. The molecule has 0 atom stereocenters. The molecule has 1 fully saturated rings. The number of carbonyl (C=O) groups excluding carboxylic acids is 1. The number of amides is 1. The summed E-state index contributed by atoms with van der Waals surface area (Å²) in [6.07, 6.45) is 3.56. The van der Waals surface area contributed by atoms with Crippen LogP contribution < -0.4 is 0 Å². The second kappa shape index (κ2) is 9.28. The summed E-state index contributed by atoms with van der Waals surface area (Å²) in [5, 5.41) is 0.0768. The molecule has 3 aromatic rings. The second-order valence-electron chi connectivity index (χ2n) is 8.81. The smallest absolute Gasteiger partial charge is 0.254 e. The Morgan fingerprint density at radius 2 is 1.69 bits per heavy atom. The van der Waals surface area contributed by atoms with Gasteiger partial charge >= 0.3 is 0 Å². The fourth-order valence-corrected chi connectivity index (χ4v) is 5.36. The number of benzene rings is 2. The highest BCUT2D eigenvalue weighted by Gasteiger charge is 2.34. The van der Waals surface area contributed by atoms with Crippen LogP contribution in [0.2, 0.25) is 0 Å². The van der Waals surface area contributed by atoms with Crippen molar-refractivity contribution in [3.8, 4) is 0 Å². The summed E-state index contributed by atoms with van der Waals surface area (Å²) in [4.78, 5) is 19.4. The summed E-state index contributed by atoms with van der Waals surface area (Å²) in [6, 6.07) is 18.6. The molecule has 32 heavy (non-hydrogen) atoms. The summed E-state index contributed by atoms with van der Waals surface area (Å²) < 4.78 is 28.3. The molecule has 0 spiro atoms. The van der Waals surface area contributed by atoms with Crippen molar-refractivity contribution in [3.63, 3.8) is 0 Å². The van der Waals surface area contributed by atoms with Crippen molar-refractivity contribution in [2.45, 2.75) is 56.7 Å². The summed E-state index contributed by atoms with van der Waals surface area (Å²) in [5.74, 6) is 0.101. The molecule has 2 aromatic carbocycles. The molecule has 1 amide bonds. The maximum atomic E-state index is 13.2. The number of hydrogen-bond donors (Lipinski definition) is 0. The second-order valence-corrected chi connectivity index (χ2v) is 10.7. The van der Waals surface area contributed by atoms with E-state index < -0.39 is 9.84 Å². The molecule has 7 heteroatoms. The number of sulfone groups is 1. The van der Waals surface area contributed by atoms with Gasteiger partial charge in [0.05, 0.1) is 24.2 Å². The minimum Gasteiger partial charge on any atom is -0.330 e. The van der Waals surface area contributed by atoms with E-state index in [0.29, 0.717) is 18.7 Å². The molecule has 1 aromatic heterocycles. The van der Waals surface area contributed by atoms with Crippen molar-refractivity contribution in [1.29, 1.82) is 0 Å². The largest absolute Gasteiger partial charge is 0.330 e. The van der Waals surface area contributed by atoms with E-state index in [4.69, 9.17) is 0 Å². The topological polar surface area (TPSA) is 72.3 Å². The van der Waals surface area contributed by atoms with E-state index >= 15 is 0 Å². The molecule has 168 valence electrons. The number of rotatable bonds is 9. The van der Waals surface area contributed by atoms with Gasteiger partial charge in [-0.3, -0.25) is 4.79 Å². The van der Waals surface area contributed by atoms with Gasteiger partial charge in [0.15, 0.2) is 0 Å². The van der Waals surface area contributed by atoms with Crippen molar-refractivity contribution in [3.05, 3.63) is 83.7 Å². The van der Waals surface area contributed by atoms with Gasteiger partial charge in [0.25, 0.3) is 5.91 Å². The molecule has 0 bridgehead atoms. The Kier molecular flexibility index (Phi) is 6.46. The third-order valence-corrected chi connectivity index (χ3v) is 7.12. The summed E-state index contributed by atoms with van der Waals surface area (Å²) >= 11 is 0. The van der Waals surface area contributed by atoms with Crippen LogP contribution in [-0.4, -0.2) is 34.8 Å². The van der Waals surface area contributed by atoms with E-state index in [1.807, 2.05) is 79.4 Å². The molecule has 1 saturated carbocycles. The predicted octanol–water partition coefficient (Wildman–Crippen LogP) is 4.32. The van der Waals surface area contributed by atoms with Gasteiger partial charge in [-0.1, -0.05) is 62.4 Å². The molecular weight excluding hydrogens is 422 g/mol. The van der Waals surface area contributed by atoms with Gasteiger partial charge in [-0.25, -0.2) is 13.4 Å². The van der Waals surface area contributed by atoms with Crippen LogP contribution in [0.5, 0.6) is 0 Å². The van der Waals surface area contributed by atoms with E-state index in [-0.39, 0.29) is 28.8 Å². The molecule has 0 N–H and O–H groups in total. The molecule has 0 unspecified atom stereocenters. The molecule has 0 radical (unpaired) electrons. The van der Waals surface area contributed by atoms with E-state index in [1.54, 1.807) is 10.8 Å². The first kappa shape index (κ1) is 22.3. The van der Waals surface area contributed by atoms with Crippen LogP contribution in [0.1, 0.15) is 48.3 Å². The van der Waals surface area contributed by atoms with Crippen LogP contribution in [0.4, 0.5) is 0 Å². The van der Waals surface area contributed by atoms with Gasteiger partial charge in [0.2, 0.25) is 15.0 Å². The quantitative estimate of drug-likeness (QED) is 0.486. The average molecular weight is 452 g/mol. The number of hydrogen-bond acceptors (Lipinski definition) is 4. The molecule has 1 aliphatic rings. The molecule has 1 aliphatic carbocycles. The first-order chi connectivity index (χ1) is 15.3. The number of aromatic nitrogens is 2. The van der Waals surface area contributed by atoms with Gasteiger partial charge in [-0.15, -0.1) is 0 Å². The van der Waals surface area contributed by atoms with Crippen LogP contribution in [0, 0.1) is 5.92 Å². The molecule has 6 nitrogen and oxygen atoms in total. The summed E-state index contributed by atoms with van der Waals surface area (Å²) in [5.41, 5.74) is 2.12. The van der Waals surface area contributed by atoms with Crippen LogP contribution in [0.25, 0.3) is 0 Å². The minimum atomic E-state index is -3.63. The lowest BCUT2D eigenvalue weighted by Crippen LogP contribution is -2.33. The first-order valence-corrected chi connectivity index (χ1v) is 12.7. The highest BCUT2D eigenvalue weighted by atomic mass is 32.2. The molecular formula is C25H29N3O3S. The van der Waals surface area contributed by atoms with Gasteiger partial charge in [-0.2, -0.15) is 0 Å². The van der Waals surface area contributed by atoms with E-state index in [2.05, 4.69) is 4.98 Å². The molecule has 0 saturated heterocycles. The fraction of sp³-hybridized carbons (Fsp3) is 0.360. The minimum absolute atomic E-state index is 0.0286. The van der Waals surface area contributed by atoms with Crippen molar-refractivity contribution in [2.75, 3.05) is 0 Å². The zero-order chi connectivity index (χ0) is 22.7. The lowest BCUT2D eigenvalue weighted by atomic mass is 10.2. The molecule has 1 heterocycles. The number of imidazole rings is 1. The first-order valence-electron chi connectivity index (χ1n) is 11.0. The summed E-state index contributed by atoms with van der Waals surface area (Å²) in [7, 11) is -3.63. The third-order valence-electron chi connectivity index (χ3n) is 5.53. The highest BCUT2D eigenvalue weighted by molar-refractivity contribution is 7.90. The fourth-order valence-electron chi connectivity index (χ4n) is 3.86. The lowest BCUT2D eigenvalue weighted by molar-refractivity contribution is 0.0725. The Morgan fingerprint density at radius 3 is 2.28 bits per heavy atom. The van der Waals surface area contributed by atoms with Gasteiger partial charge < -0.3 is 9.47 Å². The average Bonchev–Trinajstić information content (AvgIpc) is 3.53. The SMILES string of the molecule is CC(C)Cn1c(CN(C(=O)c2ccccc2)C2CC2)cnc1S(=O)(=O)Cc1ccccc1. The van der Waals surface area contributed by atoms with Gasteiger partial charge in [-0.05, 0) is 36.5 Å². The Balaban J connectivity index is 1.65. The van der Waals surface area contributed by atoms with Crippen LogP contribution >= 0.6 is 0 Å². The van der Waals surface area contributed by atoms with Gasteiger partial charge in [0.1, 0.15) is 0 Å². The maximum Gasteiger partial charge on any atom is 0.254 e. The zero-order valence-electron chi connectivity index (χ0n) is 18.5. The van der Waals surface area contributed by atoms with Crippen molar-refractivity contribution >= 4 is 15.7 Å². The van der Waals surface area contributed by atoms with Crippen LogP contribution in [0.15, 0.2) is 72.0 Å². The number of carbonyl (C=O) groups is 1. The van der Waals surface area contributed by atoms with Crippen molar-refractivity contribution in [2.24, 2.45) is 5.92 Å². The van der Waals surface area contributed by atoms with E-state index in [0.717, 1.165) is 24.1 Å². The van der Waals surface area contributed by atoms with E-state index in [1.165, 1.54) is 0 Å². The van der Waals surface area contributed by atoms with Gasteiger partial charge in [0, 0.05) is 18.2 Å². The number of nitrogens with zero attached hydrogens (tertiary/aromatic N) is 3. The van der Waals surface area contributed by atoms with Crippen molar-refractivity contribution < 1.29 is 13.2 Å². The Bertz CT molecular complexity index is 1170. The monoisotopic (exact) mass is 451 g/mol.